The molecular weight excluding hydrogens is 432 g/mol. The molecule has 3 rings (SSSR count). The molecule has 2 aromatic carbocycles. The second kappa shape index (κ2) is 10.1. The van der Waals surface area contributed by atoms with Crippen molar-refractivity contribution in [2.45, 2.75) is 20.0 Å². The van der Waals surface area contributed by atoms with Crippen LogP contribution in [0.5, 0.6) is 5.75 Å². The molecule has 0 bridgehead atoms. The molecule has 1 N–H and O–H groups in total. The van der Waals surface area contributed by atoms with Crippen molar-refractivity contribution in [2.75, 3.05) is 18.0 Å². The van der Waals surface area contributed by atoms with Gasteiger partial charge in [0, 0.05) is 23.8 Å². The quantitative estimate of drug-likeness (QED) is 0.481. The lowest BCUT2D eigenvalue weighted by molar-refractivity contribution is 0.0696. The number of aromatic carboxylic acids is 1. The molecule has 1 aromatic heterocycles. The number of likely N-dealkylation sites (N-methyl/N-ethyl adjacent to an activating group) is 1. The van der Waals surface area contributed by atoms with Gasteiger partial charge >= 0.3 is 5.97 Å². The average molecular weight is 455 g/mol. The fourth-order valence-corrected chi connectivity index (χ4v) is 3.42. The largest absolute Gasteiger partial charge is 0.489 e. The van der Waals surface area contributed by atoms with Crippen LogP contribution >= 0.6 is 15.9 Å². The molecule has 29 heavy (non-hydrogen) atoms. The number of halogens is 1. The van der Waals surface area contributed by atoms with Crippen molar-refractivity contribution in [1.82, 2.24) is 4.98 Å². The van der Waals surface area contributed by atoms with E-state index in [1.54, 1.807) is 12.1 Å². The number of ether oxygens (including phenoxy) is 1. The van der Waals surface area contributed by atoms with Crippen LogP contribution in [0.1, 0.15) is 28.4 Å². The van der Waals surface area contributed by atoms with Crippen molar-refractivity contribution in [1.29, 1.82) is 0 Å². The molecule has 6 heteroatoms. The second-order valence-corrected chi connectivity index (χ2v) is 7.48. The minimum absolute atomic E-state index is 0.188. The number of benzene rings is 2. The molecule has 0 aliphatic rings. The van der Waals surface area contributed by atoms with Gasteiger partial charge in [-0.3, -0.25) is 0 Å². The fourth-order valence-electron chi connectivity index (χ4n) is 3.01. The predicted octanol–water partition coefficient (Wildman–Crippen LogP) is 5.19. The molecule has 1 heterocycles. The van der Waals surface area contributed by atoms with Gasteiger partial charge in [-0.2, -0.15) is 0 Å². The maximum Gasteiger partial charge on any atom is 0.337 e. The number of pyridine rings is 1. The van der Waals surface area contributed by atoms with E-state index in [0.717, 1.165) is 46.7 Å². The molecule has 5 nitrogen and oxygen atoms in total. The SMILES string of the molecule is CCN(CCc1cc(Br)ccc1OCc1ccccc1)c1ccc(C(=O)O)cn1. The van der Waals surface area contributed by atoms with E-state index in [1.165, 1.54) is 6.20 Å². The van der Waals surface area contributed by atoms with Gasteiger partial charge in [-0.1, -0.05) is 46.3 Å². The topological polar surface area (TPSA) is 62.7 Å². The number of carboxylic acid groups (broad SMARTS) is 1. The van der Waals surface area contributed by atoms with E-state index in [1.807, 2.05) is 42.5 Å². The van der Waals surface area contributed by atoms with Gasteiger partial charge in [0.15, 0.2) is 0 Å². The zero-order chi connectivity index (χ0) is 20.6. The Morgan fingerprint density at radius 2 is 1.93 bits per heavy atom. The van der Waals surface area contributed by atoms with Gasteiger partial charge in [0.2, 0.25) is 0 Å². The van der Waals surface area contributed by atoms with Crippen molar-refractivity contribution in [3.63, 3.8) is 0 Å². The number of hydrogen-bond donors (Lipinski definition) is 1. The lowest BCUT2D eigenvalue weighted by Crippen LogP contribution is -2.26. The lowest BCUT2D eigenvalue weighted by atomic mass is 10.1. The van der Waals surface area contributed by atoms with Crippen molar-refractivity contribution in [3.05, 3.63) is 88.0 Å². The van der Waals surface area contributed by atoms with E-state index in [2.05, 4.69) is 38.8 Å². The fraction of sp³-hybridized carbons (Fsp3) is 0.217. The van der Waals surface area contributed by atoms with Crippen molar-refractivity contribution < 1.29 is 14.6 Å². The molecular formula is C23H23BrN2O3. The summed E-state index contributed by atoms with van der Waals surface area (Å²) in [4.78, 5) is 17.4. The maximum atomic E-state index is 11.0. The summed E-state index contributed by atoms with van der Waals surface area (Å²) in [5.41, 5.74) is 2.42. The van der Waals surface area contributed by atoms with Crippen LogP contribution in [-0.2, 0) is 13.0 Å². The van der Waals surface area contributed by atoms with Crippen LogP contribution in [-0.4, -0.2) is 29.1 Å². The van der Waals surface area contributed by atoms with Crippen molar-refractivity contribution in [2.24, 2.45) is 0 Å². The summed E-state index contributed by atoms with van der Waals surface area (Å²) in [6.07, 6.45) is 2.17. The first kappa shape index (κ1) is 20.9. The highest BCUT2D eigenvalue weighted by Gasteiger charge is 2.11. The third kappa shape index (κ3) is 5.81. The summed E-state index contributed by atoms with van der Waals surface area (Å²) in [6.45, 7) is 4.09. The van der Waals surface area contributed by atoms with Crippen LogP contribution in [0.25, 0.3) is 0 Å². The number of rotatable bonds is 9. The summed E-state index contributed by atoms with van der Waals surface area (Å²) >= 11 is 3.55. The van der Waals surface area contributed by atoms with Crippen LogP contribution in [0.4, 0.5) is 5.82 Å². The summed E-state index contributed by atoms with van der Waals surface area (Å²) in [5.74, 6) is 0.656. The van der Waals surface area contributed by atoms with Gasteiger partial charge in [-0.15, -0.1) is 0 Å². The van der Waals surface area contributed by atoms with E-state index in [-0.39, 0.29) is 5.56 Å². The number of anilines is 1. The monoisotopic (exact) mass is 454 g/mol. The first-order valence-corrected chi connectivity index (χ1v) is 10.3. The predicted molar refractivity (Wildman–Crippen MR) is 118 cm³/mol. The normalized spacial score (nSPS) is 10.6. The van der Waals surface area contributed by atoms with Crippen LogP contribution in [0.15, 0.2) is 71.3 Å². The van der Waals surface area contributed by atoms with E-state index >= 15 is 0 Å². The van der Waals surface area contributed by atoms with E-state index in [4.69, 9.17) is 9.84 Å². The van der Waals surface area contributed by atoms with Gasteiger partial charge in [0.25, 0.3) is 0 Å². The number of carbonyl (C=O) groups is 1. The number of aromatic nitrogens is 1. The minimum atomic E-state index is -0.971. The van der Waals surface area contributed by atoms with Gasteiger partial charge in [0.05, 0.1) is 5.56 Å². The smallest absolute Gasteiger partial charge is 0.337 e. The zero-order valence-corrected chi connectivity index (χ0v) is 17.8. The van der Waals surface area contributed by atoms with Gasteiger partial charge in [-0.05, 0) is 54.8 Å². The Labute approximate surface area is 179 Å². The molecule has 0 saturated heterocycles. The highest BCUT2D eigenvalue weighted by atomic mass is 79.9. The Morgan fingerprint density at radius 1 is 1.14 bits per heavy atom. The summed E-state index contributed by atoms with van der Waals surface area (Å²) < 4.78 is 7.08. The summed E-state index contributed by atoms with van der Waals surface area (Å²) in [5, 5.41) is 9.04. The molecule has 0 unspecified atom stereocenters. The molecule has 0 aliphatic carbocycles. The molecule has 3 aromatic rings. The second-order valence-electron chi connectivity index (χ2n) is 6.57. The Hall–Kier alpha value is -2.86. The average Bonchev–Trinajstić information content (AvgIpc) is 2.74. The lowest BCUT2D eigenvalue weighted by Gasteiger charge is -2.22. The van der Waals surface area contributed by atoms with Crippen molar-refractivity contribution >= 4 is 27.7 Å². The molecule has 0 radical (unpaired) electrons. The molecule has 0 aliphatic heterocycles. The Bertz CT molecular complexity index is 946. The highest BCUT2D eigenvalue weighted by molar-refractivity contribution is 9.10. The third-order valence-electron chi connectivity index (χ3n) is 4.61. The molecule has 0 spiro atoms. The Kier molecular flexibility index (Phi) is 7.25. The zero-order valence-electron chi connectivity index (χ0n) is 16.2. The molecule has 0 amide bonds. The maximum absolute atomic E-state index is 11.0. The number of carboxylic acids is 1. The van der Waals surface area contributed by atoms with Gasteiger partial charge < -0.3 is 14.7 Å². The first-order chi connectivity index (χ1) is 14.1. The molecule has 0 saturated carbocycles. The summed E-state index contributed by atoms with van der Waals surface area (Å²) in [7, 11) is 0. The number of nitrogens with zero attached hydrogens (tertiary/aromatic N) is 2. The van der Waals surface area contributed by atoms with Crippen molar-refractivity contribution in [3.8, 4) is 5.75 Å². The van der Waals surface area contributed by atoms with Crippen LogP contribution in [0.2, 0.25) is 0 Å². The minimum Gasteiger partial charge on any atom is -0.489 e. The van der Waals surface area contributed by atoms with E-state index < -0.39 is 5.97 Å². The van der Waals surface area contributed by atoms with Crippen LogP contribution < -0.4 is 9.64 Å². The van der Waals surface area contributed by atoms with Gasteiger partial charge in [0.1, 0.15) is 18.2 Å². The molecule has 0 atom stereocenters. The Balaban J connectivity index is 1.69. The molecule has 150 valence electrons. The third-order valence-corrected chi connectivity index (χ3v) is 5.10. The van der Waals surface area contributed by atoms with E-state index in [0.29, 0.717) is 6.61 Å². The Morgan fingerprint density at radius 3 is 2.59 bits per heavy atom. The first-order valence-electron chi connectivity index (χ1n) is 9.46. The van der Waals surface area contributed by atoms with Gasteiger partial charge in [-0.25, -0.2) is 9.78 Å². The number of hydrogen-bond acceptors (Lipinski definition) is 4. The standard InChI is InChI=1S/C23H23BrN2O3/c1-2-26(22-11-8-19(15-25-22)23(27)28)13-12-18-14-20(24)9-10-21(18)29-16-17-6-4-3-5-7-17/h3-11,14-15H,2,12-13,16H2,1H3,(H,27,28). The van der Waals surface area contributed by atoms with Crippen LogP contribution in [0.3, 0.4) is 0 Å². The van der Waals surface area contributed by atoms with Crippen LogP contribution in [0, 0.1) is 0 Å². The highest BCUT2D eigenvalue weighted by Crippen LogP contribution is 2.25. The molecule has 0 fully saturated rings. The van der Waals surface area contributed by atoms with E-state index in [9.17, 15) is 4.79 Å². The summed E-state index contributed by atoms with van der Waals surface area (Å²) in [6, 6.07) is 19.5.